The SMILES string of the molecule is O=C(C1CCN(c2nc3ccccc3o2)CC1)N1CCN(CCOc2ccc(Cl)cc2)CC1. The number of benzene rings is 2. The number of oxazole rings is 1. The van der Waals surface area contributed by atoms with Crippen molar-refractivity contribution < 1.29 is 13.9 Å². The number of fused-ring (bicyclic) bond motifs is 1. The summed E-state index contributed by atoms with van der Waals surface area (Å²) < 4.78 is 11.7. The van der Waals surface area contributed by atoms with Gasteiger partial charge in [0.1, 0.15) is 17.9 Å². The number of aromatic nitrogens is 1. The van der Waals surface area contributed by atoms with Crippen LogP contribution in [0, 0.1) is 5.92 Å². The van der Waals surface area contributed by atoms with Gasteiger partial charge >= 0.3 is 0 Å². The first kappa shape index (κ1) is 22.0. The first-order valence-electron chi connectivity index (χ1n) is 11.7. The molecule has 0 unspecified atom stereocenters. The standard InChI is InChI=1S/C25H29ClN4O3/c26-20-5-7-21(8-6-20)32-18-17-28-13-15-29(16-14-28)24(31)19-9-11-30(12-10-19)25-27-22-3-1-2-4-23(22)33-25/h1-8,19H,9-18H2. The number of para-hydroxylation sites is 2. The van der Waals surface area contributed by atoms with Crippen LogP contribution in [0.5, 0.6) is 5.75 Å². The number of anilines is 1. The van der Waals surface area contributed by atoms with E-state index >= 15 is 0 Å². The van der Waals surface area contributed by atoms with Crippen molar-refractivity contribution in [3.8, 4) is 5.75 Å². The number of halogens is 1. The van der Waals surface area contributed by atoms with Crippen LogP contribution in [0.2, 0.25) is 5.02 Å². The molecule has 0 radical (unpaired) electrons. The molecule has 1 amide bonds. The molecule has 3 aromatic rings. The van der Waals surface area contributed by atoms with Crippen LogP contribution in [0.3, 0.4) is 0 Å². The van der Waals surface area contributed by atoms with Crippen molar-refractivity contribution in [3.63, 3.8) is 0 Å². The molecule has 0 spiro atoms. The van der Waals surface area contributed by atoms with Crippen molar-refractivity contribution in [2.45, 2.75) is 12.8 Å². The molecule has 174 valence electrons. The Labute approximate surface area is 198 Å². The van der Waals surface area contributed by atoms with Gasteiger partial charge in [-0.3, -0.25) is 9.69 Å². The van der Waals surface area contributed by atoms with Gasteiger partial charge < -0.3 is 19.0 Å². The van der Waals surface area contributed by atoms with Crippen molar-refractivity contribution in [3.05, 3.63) is 53.6 Å². The Balaban J connectivity index is 1.04. The van der Waals surface area contributed by atoms with Crippen LogP contribution in [0.1, 0.15) is 12.8 Å². The molecule has 3 heterocycles. The summed E-state index contributed by atoms with van der Waals surface area (Å²) >= 11 is 5.91. The van der Waals surface area contributed by atoms with Gasteiger partial charge in [-0.2, -0.15) is 4.98 Å². The van der Waals surface area contributed by atoms with Gasteiger partial charge in [0.2, 0.25) is 5.91 Å². The van der Waals surface area contributed by atoms with Crippen molar-refractivity contribution in [1.29, 1.82) is 0 Å². The summed E-state index contributed by atoms with van der Waals surface area (Å²) in [6.45, 7) is 6.42. The zero-order valence-corrected chi connectivity index (χ0v) is 19.4. The fourth-order valence-electron chi connectivity index (χ4n) is 4.59. The van der Waals surface area contributed by atoms with E-state index in [1.807, 2.05) is 53.4 Å². The molecule has 1 aromatic heterocycles. The van der Waals surface area contributed by atoms with Gasteiger partial charge in [-0.15, -0.1) is 0 Å². The van der Waals surface area contributed by atoms with Gasteiger partial charge in [0.15, 0.2) is 5.58 Å². The number of piperazine rings is 1. The average molecular weight is 469 g/mol. The molecule has 0 N–H and O–H groups in total. The molecule has 2 aromatic carbocycles. The number of carbonyl (C=O) groups is 1. The van der Waals surface area contributed by atoms with Crippen LogP contribution in [0.15, 0.2) is 52.9 Å². The maximum atomic E-state index is 13.1. The number of hydrogen-bond acceptors (Lipinski definition) is 6. The zero-order valence-electron chi connectivity index (χ0n) is 18.7. The molecule has 0 bridgehead atoms. The largest absolute Gasteiger partial charge is 0.492 e. The number of ether oxygens (including phenoxy) is 1. The monoisotopic (exact) mass is 468 g/mol. The van der Waals surface area contributed by atoms with E-state index in [0.717, 1.165) is 75.5 Å². The fraction of sp³-hybridized carbons (Fsp3) is 0.440. The average Bonchev–Trinajstić information content (AvgIpc) is 3.30. The summed E-state index contributed by atoms with van der Waals surface area (Å²) in [6, 6.07) is 15.9. The van der Waals surface area contributed by atoms with Gasteiger partial charge in [-0.1, -0.05) is 23.7 Å². The lowest BCUT2D eigenvalue weighted by Crippen LogP contribution is -2.52. The Morgan fingerprint density at radius 2 is 1.73 bits per heavy atom. The summed E-state index contributed by atoms with van der Waals surface area (Å²) in [5, 5.41) is 0.708. The molecule has 0 atom stereocenters. The maximum absolute atomic E-state index is 13.1. The highest BCUT2D eigenvalue weighted by Gasteiger charge is 2.31. The zero-order chi connectivity index (χ0) is 22.6. The summed E-state index contributed by atoms with van der Waals surface area (Å²) in [4.78, 5) is 24.2. The highest BCUT2D eigenvalue weighted by atomic mass is 35.5. The third kappa shape index (κ3) is 5.25. The topological polar surface area (TPSA) is 62.1 Å². The van der Waals surface area contributed by atoms with Crippen LogP contribution in [0.4, 0.5) is 6.01 Å². The minimum Gasteiger partial charge on any atom is -0.492 e. The third-order valence-corrected chi connectivity index (χ3v) is 6.82. The van der Waals surface area contributed by atoms with E-state index in [1.54, 1.807) is 0 Å². The lowest BCUT2D eigenvalue weighted by atomic mass is 9.95. The Hall–Kier alpha value is -2.77. The molecule has 8 heteroatoms. The second-order valence-corrected chi connectivity index (χ2v) is 9.13. The molecular formula is C25H29ClN4O3. The van der Waals surface area contributed by atoms with Gasteiger partial charge in [-0.25, -0.2) is 0 Å². The van der Waals surface area contributed by atoms with E-state index in [9.17, 15) is 4.79 Å². The van der Waals surface area contributed by atoms with E-state index in [0.29, 0.717) is 23.6 Å². The Morgan fingerprint density at radius 3 is 2.45 bits per heavy atom. The Bertz CT molecular complexity index is 1040. The summed E-state index contributed by atoms with van der Waals surface area (Å²) in [6.07, 6.45) is 1.68. The van der Waals surface area contributed by atoms with Gasteiger partial charge in [-0.05, 0) is 49.2 Å². The number of piperidine rings is 1. The summed E-state index contributed by atoms with van der Waals surface area (Å²) in [5.41, 5.74) is 1.68. The van der Waals surface area contributed by atoms with Crippen LogP contribution in [-0.4, -0.2) is 73.1 Å². The first-order valence-corrected chi connectivity index (χ1v) is 12.0. The number of rotatable bonds is 6. The predicted octanol–water partition coefficient (Wildman–Crippen LogP) is 3.92. The molecule has 2 saturated heterocycles. The van der Waals surface area contributed by atoms with Gasteiger partial charge in [0, 0.05) is 56.8 Å². The number of hydrogen-bond donors (Lipinski definition) is 0. The highest BCUT2D eigenvalue weighted by molar-refractivity contribution is 6.30. The minimum atomic E-state index is 0.0883. The molecule has 7 nitrogen and oxygen atoms in total. The van der Waals surface area contributed by atoms with Crippen molar-refractivity contribution >= 4 is 34.6 Å². The molecule has 2 fully saturated rings. The molecule has 0 saturated carbocycles. The lowest BCUT2D eigenvalue weighted by Gasteiger charge is -2.38. The van der Waals surface area contributed by atoms with E-state index in [2.05, 4.69) is 14.8 Å². The fourth-order valence-corrected chi connectivity index (χ4v) is 4.71. The van der Waals surface area contributed by atoms with Crippen LogP contribution in [-0.2, 0) is 4.79 Å². The highest BCUT2D eigenvalue weighted by Crippen LogP contribution is 2.27. The Kier molecular flexibility index (Phi) is 6.69. The number of amides is 1. The van der Waals surface area contributed by atoms with Gasteiger partial charge in [0.05, 0.1) is 0 Å². The quantitative estimate of drug-likeness (QED) is 0.546. The first-order chi connectivity index (χ1) is 16.2. The molecule has 33 heavy (non-hydrogen) atoms. The normalized spacial score (nSPS) is 18.1. The van der Waals surface area contributed by atoms with E-state index < -0.39 is 0 Å². The molecule has 2 aliphatic heterocycles. The molecule has 2 aliphatic rings. The lowest BCUT2D eigenvalue weighted by molar-refractivity contribution is -0.138. The predicted molar refractivity (Wildman–Crippen MR) is 129 cm³/mol. The van der Waals surface area contributed by atoms with Crippen LogP contribution >= 0.6 is 11.6 Å². The van der Waals surface area contributed by atoms with Crippen molar-refractivity contribution in [1.82, 2.24) is 14.8 Å². The summed E-state index contributed by atoms with van der Waals surface area (Å²) in [7, 11) is 0. The second kappa shape index (κ2) is 10.0. The van der Waals surface area contributed by atoms with Crippen LogP contribution < -0.4 is 9.64 Å². The summed E-state index contributed by atoms with van der Waals surface area (Å²) in [5.74, 6) is 1.21. The van der Waals surface area contributed by atoms with Crippen molar-refractivity contribution in [2.75, 3.05) is 57.3 Å². The molecular weight excluding hydrogens is 440 g/mol. The van der Waals surface area contributed by atoms with Crippen molar-refractivity contribution in [2.24, 2.45) is 5.92 Å². The van der Waals surface area contributed by atoms with E-state index in [1.165, 1.54) is 0 Å². The third-order valence-electron chi connectivity index (χ3n) is 6.57. The second-order valence-electron chi connectivity index (χ2n) is 8.69. The van der Waals surface area contributed by atoms with E-state index in [-0.39, 0.29) is 5.92 Å². The number of carbonyl (C=O) groups excluding carboxylic acids is 1. The number of nitrogens with zero attached hydrogens (tertiary/aromatic N) is 4. The van der Waals surface area contributed by atoms with E-state index in [4.69, 9.17) is 20.8 Å². The van der Waals surface area contributed by atoms with Crippen LogP contribution in [0.25, 0.3) is 11.1 Å². The van der Waals surface area contributed by atoms with Gasteiger partial charge in [0.25, 0.3) is 6.01 Å². The smallest absolute Gasteiger partial charge is 0.298 e. The maximum Gasteiger partial charge on any atom is 0.298 e. The molecule has 0 aliphatic carbocycles. The molecule has 5 rings (SSSR count). The Morgan fingerprint density at radius 1 is 1.00 bits per heavy atom. The minimum absolute atomic E-state index is 0.0883.